The zero-order valence-corrected chi connectivity index (χ0v) is 22.0. The van der Waals surface area contributed by atoms with Gasteiger partial charge in [-0.25, -0.2) is 8.78 Å². The zero-order chi connectivity index (χ0) is 23.4. The van der Waals surface area contributed by atoms with Crippen LogP contribution in [0.4, 0.5) is 14.6 Å². The van der Waals surface area contributed by atoms with Crippen LogP contribution in [-0.2, 0) is 4.74 Å². The fraction of sp³-hybridized carbons (Fsp3) is 0.636. The molecule has 0 radical (unpaired) electrons. The maximum atomic E-state index is 15.3. The summed E-state index contributed by atoms with van der Waals surface area (Å²) >= 11 is 5.37. The molecule has 5 rings (SSSR count). The SMILES string of the molecule is CC1(O)COCCN(c2nc(OC[C@@]34CCCN3C[C@H](F)C4)nc3c(F)c(Br)c(I)cc23)C1. The number of benzene rings is 1. The second-order valence-corrected chi connectivity index (χ2v) is 11.5. The fourth-order valence-electron chi connectivity index (χ4n) is 5.27. The first-order valence-electron chi connectivity index (χ1n) is 11.1. The van der Waals surface area contributed by atoms with Crippen molar-refractivity contribution in [2.75, 3.05) is 50.9 Å². The average Bonchev–Trinajstić information content (AvgIpc) is 3.21. The highest BCUT2D eigenvalue weighted by Crippen LogP contribution is 2.41. The van der Waals surface area contributed by atoms with E-state index >= 15 is 4.39 Å². The Morgan fingerprint density at radius 2 is 2.21 bits per heavy atom. The van der Waals surface area contributed by atoms with Crippen LogP contribution in [0.1, 0.15) is 26.2 Å². The summed E-state index contributed by atoms with van der Waals surface area (Å²) in [6.45, 7) is 4.61. The Kier molecular flexibility index (Phi) is 6.47. The van der Waals surface area contributed by atoms with Gasteiger partial charge in [0.05, 0.1) is 29.8 Å². The third-order valence-corrected chi connectivity index (χ3v) is 9.13. The maximum absolute atomic E-state index is 15.3. The summed E-state index contributed by atoms with van der Waals surface area (Å²) in [5.41, 5.74) is -1.30. The molecule has 3 saturated heterocycles. The second kappa shape index (κ2) is 8.96. The van der Waals surface area contributed by atoms with Crippen LogP contribution in [0.25, 0.3) is 10.9 Å². The lowest BCUT2D eigenvalue weighted by Crippen LogP contribution is -2.44. The van der Waals surface area contributed by atoms with Gasteiger partial charge >= 0.3 is 6.01 Å². The highest BCUT2D eigenvalue weighted by atomic mass is 127. The molecule has 1 unspecified atom stereocenters. The van der Waals surface area contributed by atoms with E-state index in [0.29, 0.717) is 45.4 Å². The minimum absolute atomic E-state index is 0.0536. The van der Waals surface area contributed by atoms with Crippen LogP contribution in [-0.4, -0.2) is 83.3 Å². The van der Waals surface area contributed by atoms with Crippen LogP contribution in [0.5, 0.6) is 6.01 Å². The van der Waals surface area contributed by atoms with Crippen molar-refractivity contribution >= 4 is 55.2 Å². The molecular formula is C22H26BrF2IN4O3. The second-order valence-electron chi connectivity index (χ2n) is 9.55. The van der Waals surface area contributed by atoms with Gasteiger partial charge < -0.3 is 19.5 Å². The predicted octanol–water partition coefficient (Wildman–Crippen LogP) is 3.68. The molecule has 0 saturated carbocycles. The van der Waals surface area contributed by atoms with Gasteiger partial charge in [0.25, 0.3) is 0 Å². The highest BCUT2D eigenvalue weighted by Gasteiger charge is 2.49. The van der Waals surface area contributed by atoms with E-state index in [2.05, 4.69) is 53.4 Å². The number of ether oxygens (including phenoxy) is 2. The first-order valence-corrected chi connectivity index (χ1v) is 13.0. The predicted molar refractivity (Wildman–Crippen MR) is 132 cm³/mol. The molecule has 0 amide bonds. The number of hydrogen-bond donors (Lipinski definition) is 1. The third-order valence-electron chi connectivity index (χ3n) is 6.77. The number of β-amino-alcohol motifs (C(OH)–C–C–N with tert-alkyl or cyclic N) is 1. The number of fused-ring (bicyclic) bond motifs is 2. The van der Waals surface area contributed by atoms with Crippen LogP contribution < -0.4 is 9.64 Å². The molecule has 3 aliphatic heterocycles. The van der Waals surface area contributed by atoms with E-state index < -0.39 is 17.6 Å². The minimum Gasteiger partial charge on any atom is -0.461 e. The van der Waals surface area contributed by atoms with Crippen LogP contribution in [0.15, 0.2) is 10.5 Å². The van der Waals surface area contributed by atoms with Crippen LogP contribution in [0, 0.1) is 9.39 Å². The lowest BCUT2D eigenvalue weighted by Gasteiger charge is -2.31. The van der Waals surface area contributed by atoms with Crippen LogP contribution in [0.2, 0.25) is 0 Å². The topological polar surface area (TPSA) is 71.0 Å². The number of halogens is 4. The van der Waals surface area contributed by atoms with E-state index in [4.69, 9.17) is 9.47 Å². The Bertz CT molecular complexity index is 1080. The number of hydrogen-bond acceptors (Lipinski definition) is 7. The largest absolute Gasteiger partial charge is 0.461 e. The third kappa shape index (κ3) is 4.55. The molecule has 0 spiro atoms. The normalized spacial score (nSPS) is 30.6. The summed E-state index contributed by atoms with van der Waals surface area (Å²) in [4.78, 5) is 13.1. The molecular weight excluding hydrogens is 613 g/mol. The molecule has 0 aliphatic carbocycles. The molecule has 3 fully saturated rings. The number of aromatic nitrogens is 2. The number of alkyl halides is 1. The Morgan fingerprint density at radius 3 is 3.03 bits per heavy atom. The van der Waals surface area contributed by atoms with E-state index in [0.717, 1.165) is 19.4 Å². The van der Waals surface area contributed by atoms with Crippen molar-refractivity contribution in [3.8, 4) is 6.01 Å². The molecule has 33 heavy (non-hydrogen) atoms. The van der Waals surface area contributed by atoms with Crippen molar-refractivity contribution in [3.63, 3.8) is 0 Å². The number of rotatable bonds is 4. The molecule has 7 nitrogen and oxygen atoms in total. The first-order chi connectivity index (χ1) is 15.7. The Hall–Kier alpha value is -0.890. The monoisotopic (exact) mass is 638 g/mol. The number of aliphatic hydroxyl groups is 1. The minimum atomic E-state index is -1.08. The van der Waals surface area contributed by atoms with Gasteiger partial charge in [-0.15, -0.1) is 0 Å². The molecule has 1 N–H and O–H groups in total. The number of nitrogens with zero attached hydrogens (tertiary/aromatic N) is 4. The van der Waals surface area contributed by atoms with E-state index in [1.807, 2.05) is 11.0 Å². The van der Waals surface area contributed by atoms with Crippen molar-refractivity contribution in [2.45, 2.75) is 43.5 Å². The van der Waals surface area contributed by atoms with E-state index in [1.54, 1.807) is 6.92 Å². The summed E-state index contributed by atoms with van der Waals surface area (Å²) in [6.07, 6.45) is 1.43. The number of anilines is 1. The van der Waals surface area contributed by atoms with Crippen LogP contribution in [0.3, 0.4) is 0 Å². The van der Waals surface area contributed by atoms with Crippen molar-refractivity contribution in [3.05, 3.63) is 19.9 Å². The van der Waals surface area contributed by atoms with E-state index in [-0.39, 0.29) is 36.8 Å². The molecule has 4 heterocycles. The van der Waals surface area contributed by atoms with Gasteiger partial charge in [-0.05, 0) is 70.9 Å². The first kappa shape index (κ1) is 23.8. The quantitative estimate of drug-likeness (QED) is 0.405. The van der Waals surface area contributed by atoms with E-state index in [9.17, 15) is 9.50 Å². The van der Waals surface area contributed by atoms with Crippen molar-refractivity contribution < 1.29 is 23.4 Å². The maximum Gasteiger partial charge on any atom is 0.319 e. The van der Waals surface area contributed by atoms with Crippen molar-refractivity contribution in [1.29, 1.82) is 0 Å². The van der Waals surface area contributed by atoms with Crippen molar-refractivity contribution in [2.24, 2.45) is 0 Å². The fourth-order valence-corrected chi connectivity index (χ4v) is 6.12. The molecule has 2 aromatic rings. The smallest absolute Gasteiger partial charge is 0.319 e. The van der Waals surface area contributed by atoms with Gasteiger partial charge in [0.2, 0.25) is 0 Å². The van der Waals surface area contributed by atoms with Crippen molar-refractivity contribution in [1.82, 2.24) is 14.9 Å². The Balaban J connectivity index is 1.54. The van der Waals surface area contributed by atoms with Crippen LogP contribution >= 0.6 is 38.5 Å². The van der Waals surface area contributed by atoms with E-state index in [1.165, 1.54) is 0 Å². The molecule has 3 atom stereocenters. The van der Waals surface area contributed by atoms with Gasteiger partial charge in [0.1, 0.15) is 29.7 Å². The van der Waals surface area contributed by atoms with Gasteiger partial charge in [-0.3, -0.25) is 4.90 Å². The zero-order valence-electron chi connectivity index (χ0n) is 18.3. The highest BCUT2D eigenvalue weighted by molar-refractivity contribution is 14.1. The average molecular weight is 639 g/mol. The molecule has 3 aliphatic rings. The van der Waals surface area contributed by atoms with Gasteiger partial charge in [0, 0.05) is 28.5 Å². The summed E-state index contributed by atoms with van der Waals surface area (Å²) in [5, 5.41) is 11.2. The summed E-state index contributed by atoms with van der Waals surface area (Å²) < 4.78 is 42.1. The summed E-state index contributed by atoms with van der Waals surface area (Å²) in [5.74, 6) is -0.00534. The summed E-state index contributed by atoms with van der Waals surface area (Å²) in [7, 11) is 0. The molecule has 1 aromatic heterocycles. The standard InChI is InChI=1S/C22H26BrF2IN4O3/c1-21(31)10-29(5-6-32-11-21)19-14-7-15(26)16(23)17(25)18(14)27-20(28-19)33-12-22-3-2-4-30(22)9-13(24)8-22/h7,13,31H,2-6,8-12H2,1H3/t13-,21?,22+/m1/s1. The molecule has 180 valence electrons. The molecule has 11 heteroatoms. The Morgan fingerprint density at radius 1 is 1.39 bits per heavy atom. The lowest BCUT2D eigenvalue weighted by atomic mass is 9.95. The summed E-state index contributed by atoms with van der Waals surface area (Å²) in [6, 6.07) is 1.88. The molecule has 1 aromatic carbocycles. The van der Waals surface area contributed by atoms with Gasteiger partial charge in [-0.1, -0.05) is 0 Å². The van der Waals surface area contributed by atoms with Gasteiger partial charge in [-0.2, -0.15) is 9.97 Å². The molecule has 0 bridgehead atoms. The Labute approximate surface area is 213 Å². The van der Waals surface area contributed by atoms with Gasteiger partial charge in [0.15, 0.2) is 5.82 Å². The lowest BCUT2D eigenvalue weighted by molar-refractivity contribution is -0.0123.